The first-order chi connectivity index (χ1) is 19.6. The Labute approximate surface area is 245 Å². The topological polar surface area (TPSA) is 163 Å². The molecule has 10 heteroatoms. The summed E-state index contributed by atoms with van der Waals surface area (Å²) in [6.07, 6.45) is -3.84. The Morgan fingerprint density at radius 2 is 1.81 bits per heavy atom. The van der Waals surface area contributed by atoms with Crippen LogP contribution in [0.1, 0.15) is 65.5 Å². The fourth-order valence-electron chi connectivity index (χ4n) is 9.26. The van der Waals surface area contributed by atoms with Gasteiger partial charge in [0.05, 0.1) is 24.4 Å². The van der Waals surface area contributed by atoms with E-state index in [1.807, 2.05) is 6.92 Å². The van der Waals surface area contributed by atoms with Crippen LogP contribution in [0.4, 0.5) is 0 Å². The van der Waals surface area contributed by atoms with E-state index in [1.165, 1.54) is 6.92 Å². The molecule has 228 valence electrons. The summed E-state index contributed by atoms with van der Waals surface area (Å²) in [7, 11) is 0. The highest BCUT2D eigenvalue weighted by Crippen LogP contribution is 2.74. The van der Waals surface area contributed by atoms with E-state index in [-0.39, 0.29) is 24.7 Å². The van der Waals surface area contributed by atoms with E-state index in [2.05, 4.69) is 5.32 Å². The zero-order chi connectivity index (χ0) is 30.6. The first-order valence-corrected chi connectivity index (χ1v) is 14.8. The number of carbonyl (C=O) groups excluding carboxylic acids is 3. The average molecular weight is 584 g/mol. The van der Waals surface area contributed by atoms with Gasteiger partial charge in [0.2, 0.25) is 5.91 Å². The van der Waals surface area contributed by atoms with Gasteiger partial charge in [-0.05, 0) is 48.3 Å². The van der Waals surface area contributed by atoms with Crippen LogP contribution in [0.2, 0.25) is 0 Å². The van der Waals surface area contributed by atoms with E-state index >= 15 is 0 Å². The van der Waals surface area contributed by atoms with Gasteiger partial charge in [-0.2, -0.15) is 0 Å². The number of nitrogens with one attached hydrogen (secondary N) is 1. The van der Waals surface area contributed by atoms with Crippen molar-refractivity contribution < 1.29 is 44.3 Å². The summed E-state index contributed by atoms with van der Waals surface area (Å²) in [5, 5.41) is 49.9. The lowest BCUT2D eigenvalue weighted by molar-refractivity contribution is -0.310. The van der Waals surface area contributed by atoms with Crippen LogP contribution >= 0.6 is 0 Å². The summed E-state index contributed by atoms with van der Waals surface area (Å²) in [4.78, 5) is 39.6. The number of ether oxygens (including phenoxy) is 2. The molecule has 6 rings (SSSR count). The predicted octanol–water partition coefficient (Wildman–Crippen LogP) is 1.35. The summed E-state index contributed by atoms with van der Waals surface area (Å²) in [5.74, 6) is -3.16. The Kier molecular flexibility index (Phi) is 6.61. The van der Waals surface area contributed by atoms with E-state index in [1.54, 1.807) is 51.1 Å². The minimum Gasteiger partial charge on any atom is -0.456 e. The molecule has 5 aliphatic rings. The van der Waals surface area contributed by atoms with Crippen molar-refractivity contribution in [2.45, 2.75) is 95.5 Å². The summed E-state index contributed by atoms with van der Waals surface area (Å²) >= 11 is 0. The summed E-state index contributed by atoms with van der Waals surface area (Å²) in [5.41, 5.74) is -3.73. The SMILES string of the molecule is CC(=O)NC(c1ccccc1)C(O)C(=O)OC1CC2(O)[C@@H](C)C3C4(O)COC4C[C@@H]4C[C@]34C(=O)C(O)C(=C1C)C2(C)C. The van der Waals surface area contributed by atoms with Crippen LogP contribution in [0.3, 0.4) is 0 Å². The fraction of sp³-hybridized carbons (Fsp3) is 0.656. The molecule has 0 radical (unpaired) electrons. The number of ketones is 1. The van der Waals surface area contributed by atoms with Gasteiger partial charge in [-0.15, -0.1) is 0 Å². The second kappa shape index (κ2) is 9.43. The van der Waals surface area contributed by atoms with Gasteiger partial charge in [0.1, 0.15) is 17.8 Å². The van der Waals surface area contributed by atoms with Crippen molar-refractivity contribution in [2.75, 3.05) is 6.61 Å². The molecule has 42 heavy (non-hydrogen) atoms. The Morgan fingerprint density at radius 1 is 1.14 bits per heavy atom. The molecule has 4 aliphatic carbocycles. The predicted molar refractivity (Wildman–Crippen MR) is 148 cm³/mol. The first-order valence-electron chi connectivity index (χ1n) is 14.8. The summed E-state index contributed by atoms with van der Waals surface area (Å²) in [6.45, 7) is 8.40. The smallest absolute Gasteiger partial charge is 0.338 e. The maximum Gasteiger partial charge on any atom is 0.338 e. The molecule has 2 bridgehead atoms. The molecule has 8 unspecified atom stereocenters. The third-order valence-corrected chi connectivity index (χ3v) is 11.5. The van der Waals surface area contributed by atoms with E-state index in [9.17, 15) is 34.8 Å². The van der Waals surface area contributed by atoms with Gasteiger partial charge in [-0.1, -0.05) is 51.1 Å². The van der Waals surface area contributed by atoms with Crippen molar-refractivity contribution in [3.05, 3.63) is 47.0 Å². The number of esters is 1. The molecule has 3 saturated carbocycles. The fourth-order valence-corrected chi connectivity index (χ4v) is 9.26. The number of aliphatic hydroxyl groups is 4. The zero-order valence-corrected chi connectivity index (χ0v) is 24.7. The van der Waals surface area contributed by atoms with Crippen LogP contribution in [-0.2, 0) is 23.9 Å². The van der Waals surface area contributed by atoms with Crippen LogP contribution in [0, 0.1) is 28.6 Å². The van der Waals surface area contributed by atoms with Crippen LogP contribution in [-0.4, -0.2) is 80.3 Å². The molecule has 5 N–H and O–H groups in total. The molecule has 4 fully saturated rings. The number of aliphatic hydroxyl groups excluding tert-OH is 2. The summed E-state index contributed by atoms with van der Waals surface area (Å²) in [6, 6.07) is 7.47. The molecular weight excluding hydrogens is 542 g/mol. The molecule has 1 aromatic carbocycles. The molecule has 1 aliphatic heterocycles. The molecule has 1 amide bonds. The normalized spacial score (nSPS) is 42.8. The lowest BCUT2D eigenvalue weighted by Gasteiger charge is -2.64. The monoisotopic (exact) mass is 583 g/mol. The quantitative estimate of drug-likeness (QED) is 0.254. The second-order valence-corrected chi connectivity index (χ2v) is 13.8. The number of hydrogen-bond donors (Lipinski definition) is 5. The minimum absolute atomic E-state index is 0.0448. The van der Waals surface area contributed by atoms with Crippen LogP contribution < -0.4 is 5.32 Å². The average Bonchev–Trinajstić information content (AvgIpc) is 3.66. The highest BCUT2D eigenvalue weighted by molar-refractivity contribution is 5.95. The van der Waals surface area contributed by atoms with E-state index in [4.69, 9.17) is 9.47 Å². The zero-order valence-electron chi connectivity index (χ0n) is 24.7. The molecule has 10 nitrogen and oxygen atoms in total. The van der Waals surface area contributed by atoms with Crippen molar-refractivity contribution in [3.8, 4) is 0 Å². The molecule has 1 heterocycles. The Bertz CT molecular complexity index is 1360. The van der Waals surface area contributed by atoms with Crippen LogP contribution in [0.15, 0.2) is 41.5 Å². The van der Waals surface area contributed by atoms with Gasteiger partial charge in [-0.25, -0.2) is 4.79 Å². The maximum atomic E-state index is 14.2. The van der Waals surface area contributed by atoms with Crippen molar-refractivity contribution in [1.82, 2.24) is 5.32 Å². The van der Waals surface area contributed by atoms with Gasteiger partial charge in [-0.3, -0.25) is 9.59 Å². The van der Waals surface area contributed by atoms with Crippen molar-refractivity contribution in [3.63, 3.8) is 0 Å². The number of benzene rings is 1. The molecular formula is C32H41NO9. The lowest BCUT2D eigenvalue weighted by atomic mass is 9.46. The van der Waals surface area contributed by atoms with Gasteiger partial charge in [0.25, 0.3) is 0 Å². The molecule has 0 aromatic heterocycles. The number of amides is 1. The highest BCUT2D eigenvalue weighted by Gasteiger charge is 2.80. The van der Waals surface area contributed by atoms with E-state index < -0.39 is 76.2 Å². The van der Waals surface area contributed by atoms with Gasteiger partial charge in [0.15, 0.2) is 11.9 Å². The molecule has 11 atom stereocenters. The van der Waals surface area contributed by atoms with Crippen LogP contribution in [0.25, 0.3) is 0 Å². The third-order valence-electron chi connectivity index (χ3n) is 11.5. The summed E-state index contributed by atoms with van der Waals surface area (Å²) < 4.78 is 11.6. The van der Waals surface area contributed by atoms with E-state index in [0.29, 0.717) is 29.6 Å². The second-order valence-electron chi connectivity index (χ2n) is 13.8. The van der Waals surface area contributed by atoms with Crippen LogP contribution in [0.5, 0.6) is 0 Å². The van der Waals surface area contributed by atoms with Crippen molar-refractivity contribution in [1.29, 1.82) is 0 Å². The molecule has 1 spiro atoms. The Hall–Kier alpha value is -2.63. The van der Waals surface area contributed by atoms with Gasteiger partial charge < -0.3 is 35.2 Å². The maximum absolute atomic E-state index is 14.2. The Morgan fingerprint density at radius 3 is 2.40 bits per heavy atom. The van der Waals surface area contributed by atoms with Gasteiger partial charge >= 0.3 is 5.97 Å². The number of rotatable bonds is 5. The first kappa shape index (κ1) is 29.4. The number of Topliss-reactive ketones (excluding diaryl/α,β-unsaturated/α-hetero) is 1. The number of fused-ring (bicyclic) bond motifs is 4. The van der Waals surface area contributed by atoms with Crippen molar-refractivity contribution in [2.24, 2.45) is 28.6 Å². The van der Waals surface area contributed by atoms with Gasteiger partial charge in [0, 0.05) is 30.1 Å². The largest absolute Gasteiger partial charge is 0.456 e. The Balaban J connectivity index is 1.38. The van der Waals surface area contributed by atoms with Crippen molar-refractivity contribution >= 4 is 17.7 Å². The lowest BCUT2D eigenvalue weighted by Crippen LogP contribution is -2.74. The standard InChI is InChI=1S/C32H41NO9/c1-15-20(42-28(38)25(36)23(33-17(3)34)18-9-7-6-8-10-18)13-32(40)16(2)26-30(27(37)24(35)22(15)29(32,4)5)12-19(30)11-21-31(26,39)14-41-21/h6-10,16,19-21,23-26,35-36,39-40H,11-14H2,1-5H3,(H,33,34)/t16-,19+,20?,21?,23?,24?,25?,26?,30+,31?,32?/m0/s1. The third kappa shape index (κ3) is 3.78. The highest BCUT2D eigenvalue weighted by atomic mass is 16.6. The number of carbonyl (C=O) groups is 3. The molecule has 1 aromatic rings. The van der Waals surface area contributed by atoms with E-state index in [0.717, 1.165) is 0 Å². The minimum atomic E-state index is -1.77. The number of hydrogen-bond acceptors (Lipinski definition) is 9. The molecule has 1 saturated heterocycles.